The molecule has 3 rings (SSSR count). The third-order valence-electron chi connectivity index (χ3n) is 5.35. The summed E-state index contributed by atoms with van der Waals surface area (Å²) in [6.07, 6.45) is 3.59. The van der Waals surface area contributed by atoms with Crippen molar-refractivity contribution in [1.29, 1.82) is 0 Å². The third-order valence-corrected chi connectivity index (χ3v) is 5.35. The summed E-state index contributed by atoms with van der Waals surface area (Å²) >= 11 is 0. The van der Waals surface area contributed by atoms with Crippen LogP contribution in [0.2, 0.25) is 0 Å². The van der Waals surface area contributed by atoms with Gasteiger partial charge in [0.25, 0.3) is 0 Å². The molecular weight excluding hydrogens is 339 g/mol. The largest absolute Gasteiger partial charge is 0.371 e. The van der Waals surface area contributed by atoms with E-state index in [1.54, 1.807) is 12.1 Å². The van der Waals surface area contributed by atoms with Gasteiger partial charge >= 0.3 is 0 Å². The van der Waals surface area contributed by atoms with E-state index in [9.17, 15) is 9.18 Å². The molecule has 0 unspecified atom stereocenters. The summed E-state index contributed by atoms with van der Waals surface area (Å²) in [5.41, 5.74) is 3.35. The summed E-state index contributed by atoms with van der Waals surface area (Å²) < 4.78 is 12.9. The lowest BCUT2D eigenvalue weighted by atomic mass is 9.99. The van der Waals surface area contributed by atoms with Gasteiger partial charge in [-0.15, -0.1) is 0 Å². The fourth-order valence-corrected chi connectivity index (χ4v) is 3.70. The van der Waals surface area contributed by atoms with E-state index in [0.717, 1.165) is 30.1 Å². The van der Waals surface area contributed by atoms with Gasteiger partial charge in [0.1, 0.15) is 5.82 Å². The van der Waals surface area contributed by atoms with Crippen LogP contribution in [0.25, 0.3) is 0 Å². The minimum Gasteiger partial charge on any atom is -0.371 e. The SMILES string of the molecule is C[C@H]1CCCN(c2ccc([C@@H](C)NC(=O)CCc3ccc(F)cc3)cc2)C1. The highest BCUT2D eigenvalue weighted by molar-refractivity contribution is 5.76. The van der Waals surface area contributed by atoms with Crippen LogP contribution >= 0.6 is 0 Å². The molecule has 2 aromatic carbocycles. The lowest BCUT2D eigenvalue weighted by Crippen LogP contribution is -2.34. The monoisotopic (exact) mass is 368 g/mol. The van der Waals surface area contributed by atoms with Crippen molar-refractivity contribution in [2.75, 3.05) is 18.0 Å². The number of amides is 1. The summed E-state index contributed by atoms with van der Waals surface area (Å²) in [5.74, 6) is 0.512. The van der Waals surface area contributed by atoms with Crippen LogP contribution in [0.1, 0.15) is 50.3 Å². The molecule has 0 saturated carbocycles. The predicted molar refractivity (Wildman–Crippen MR) is 108 cm³/mol. The second kappa shape index (κ2) is 9.03. The number of hydrogen-bond acceptors (Lipinski definition) is 2. The zero-order valence-corrected chi connectivity index (χ0v) is 16.2. The number of anilines is 1. The van der Waals surface area contributed by atoms with Crippen molar-refractivity contribution in [1.82, 2.24) is 5.32 Å². The molecule has 0 spiro atoms. The van der Waals surface area contributed by atoms with E-state index in [-0.39, 0.29) is 17.8 Å². The van der Waals surface area contributed by atoms with E-state index < -0.39 is 0 Å². The lowest BCUT2D eigenvalue weighted by Gasteiger charge is -2.33. The molecule has 1 amide bonds. The standard InChI is InChI=1S/C23H29FN2O/c1-17-4-3-15-26(16-17)22-12-8-20(9-13-22)18(2)25-23(27)14-7-19-5-10-21(24)11-6-19/h5-6,8-13,17-18H,3-4,7,14-16H2,1-2H3,(H,25,27)/t17-,18+/m0/s1. The van der Waals surface area contributed by atoms with E-state index in [0.29, 0.717) is 12.8 Å². The number of piperidine rings is 1. The van der Waals surface area contributed by atoms with Gasteiger partial charge in [-0.05, 0) is 67.5 Å². The van der Waals surface area contributed by atoms with Crippen LogP contribution in [-0.4, -0.2) is 19.0 Å². The third kappa shape index (κ3) is 5.56. The molecule has 1 saturated heterocycles. The number of hydrogen-bond donors (Lipinski definition) is 1. The second-order valence-corrected chi connectivity index (χ2v) is 7.70. The quantitative estimate of drug-likeness (QED) is 0.789. The highest BCUT2D eigenvalue weighted by atomic mass is 19.1. The van der Waals surface area contributed by atoms with E-state index in [1.807, 2.05) is 6.92 Å². The second-order valence-electron chi connectivity index (χ2n) is 7.70. The molecule has 1 N–H and O–H groups in total. The first-order valence-electron chi connectivity index (χ1n) is 9.90. The summed E-state index contributed by atoms with van der Waals surface area (Å²) in [6, 6.07) is 14.8. The molecule has 0 bridgehead atoms. The van der Waals surface area contributed by atoms with Crippen molar-refractivity contribution >= 4 is 11.6 Å². The Morgan fingerprint density at radius 2 is 1.89 bits per heavy atom. The van der Waals surface area contributed by atoms with Gasteiger partial charge in [-0.2, -0.15) is 0 Å². The smallest absolute Gasteiger partial charge is 0.220 e. The summed E-state index contributed by atoms with van der Waals surface area (Å²) in [5, 5.41) is 3.06. The lowest BCUT2D eigenvalue weighted by molar-refractivity contribution is -0.121. The summed E-state index contributed by atoms with van der Waals surface area (Å²) in [7, 11) is 0. The predicted octanol–water partition coefficient (Wildman–Crippen LogP) is 4.87. The molecule has 0 aliphatic carbocycles. The Bertz CT molecular complexity index is 742. The molecule has 27 heavy (non-hydrogen) atoms. The summed E-state index contributed by atoms with van der Waals surface area (Å²) in [4.78, 5) is 14.7. The number of rotatable bonds is 6. The molecule has 2 atom stereocenters. The van der Waals surface area contributed by atoms with Gasteiger partial charge in [-0.1, -0.05) is 31.2 Å². The first kappa shape index (κ1) is 19.4. The minimum absolute atomic E-state index is 0.0146. The average molecular weight is 368 g/mol. The van der Waals surface area contributed by atoms with E-state index >= 15 is 0 Å². The first-order chi connectivity index (χ1) is 13.0. The molecule has 3 nitrogen and oxygen atoms in total. The van der Waals surface area contributed by atoms with E-state index in [1.165, 1.54) is 30.7 Å². The first-order valence-corrected chi connectivity index (χ1v) is 9.90. The van der Waals surface area contributed by atoms with Crippen LogP contribution < -0.4 is 10.2 Å². The normalized spacial score (nSPS) is 18.2. The number of nitrogens with one attached hydrogen (secondary N) is 1. The molecule has 1 aliphatic heterocycles. The van der Waals surface area contributed by atoms with Crippen LogP contribution in [-0.2, 0) is 11.2 Å². The number of halogens is 1. The number of aryl methyl sites for hydroxylation is 1. The average Bonchev–Trinajstić information content (AvgIpc) is 2.67. The molecule has 4 heteroatoms. The zero-order chi connectivity index (χ0) is 19.2. The molecule has 1 heterocycles. The highest BCUT2D eigenvalue weighted by Gasteiger charge is 2.17. The Balaban J connectivity index is 1.50. The van der Waals surface area contributed by atoms with Crippen molar-refractivity contribution in [2.24, 2.45) is 5.92 Å². The van der Waals surface area contributed by atoms with E-state index in [2.05, 4.69) is 41.4 Å². The Kier molecular flexibility index (Phi) is 6.49. The van der Waals surface area contributed by atoms with Crippen molar-refractivity contribution in [3.63, 3.8) is 0 Å². The topological polar surface area (TPSA) is 32.3 Å². The molecule has 0 radical (unpaired) electrons. The Morgan fingerprint density at radius 1 is 1.19 bits per heavy atom. The van der Waals surface area contributed by atoms with Gasteiger partial charge in [0.15, 0.2) is 0 Å². The maximum atomic E-state index is 12.9. The van der Waals surface area contributed by atoms with Gasteiger partial charge in [-0.25, -0.2) is 4.39 Å². The Morgan fingerprint density at radius 3 is 2.56 bits per heavy atom. The fraction of sp³-hybridized carbons (Fsp3) is 0.435. The molecule has 144 valence electrons. The van der Waals surface area contributed by atoms with Crippen molar-refractivity contribution in [2.45, 2.75) is 45.6 Å². The van der Waals surface area contributed by atoms with Crippen molar-refractivity contribution in [3.8, 4) is 0 Å². The fourth-order valence-electron chi connectivity index (χ4n) is 3.70. The van der Waals surface area contributed by atoms with Gasteiger partial charge < -0.3 is 10.2 Å². The van der Waals surface area contributed by atoms with Gasteiger partial charge in [0.2, 0.25) is 5.91 Å². The van der Waals surface area contributed by atoms with E-state index in [4.69, 9.17) is 0 Å². The highest BCUT2D eigenvalue weighted by Crippen LogP contribution is 2.24. The summed E-state index contributed by atoms with van der Waals surface area (Å²) in [6.45, 7) is 6.56. The van der Waals surface area contributed by atoms with Gasteiger partial charge in [0, 0.05) is 25.2 Å². The molecular formula is C23H29FN2O. The van der Waals surface area contributed by atoms with Crippen LogP contribution in [0.3, 0.4) is 0 Å². The molecule has 2 aromatic rings. The maximum absolute atomic E-state index is 12.9. The number of nitrogens with zero attached hydrogens (tertiary/aromatic N) is 1. The minimum atomic E-state index is -0.251. The zero-order valence-electron chi connectivity index (χ0n) is 16.2. The van der Waals surface area contributed by atoms with Crippen LogP contribution in [0.4, 0.5) is 10.1 Å². The van der Waals surface area contributed by atoms with Crippen LogP contribution in [0.15, 0.2) is 48.5 Å². The number of carbonyl (C=O) groups excluding carboxylic acids is 1. The van der Waals surface area contributed by atoms with Crippen molar-refractivity contribution in [3.05, 3.63) is 65.5 Å². The number of benzene rings is 2. The van der Waals surface area contributed by atoms with Gasteiger partial charge in [-0.3, -0.25) is 4.79 Å². The Hall–Kier alpha value is -2.36. The van der Waals surface area contributed by atoms with Gasteiger partial charge in [0.05, 0.1) is 6.04 Å². The number of carbonyl (C=O) groups is 1. The Labute approximate surface area is 161 Å². The maximum Gasteiger partial charge on any atom is 0.220 e. The molecule has 1 fully saturated rings. The van der Waals surface area contributed by atoms with Crippen molar-refractivity contribution < 1.29 is 9.18 Å². The molecule has 0 aromatic heterocycles. The van der Waals surface area contributed by atoms with Crippen LogP contribution in [0.5, 0.6) is 0 Å². The van der Waals surface area contributed by atoms with Crippen LogP contribution in [0, 0.1) is 11.7 Å². The molecule has 1 aliphatic rings.